The quantitative estimate of drug-likeness (QED) is 0.738. The normalized spacial score (nSPS) is 20.2. The fourth-order valence-corrected chi connectivity index (χ4v) is 2.36. The topological polar surface area (TPSA) is 50.3 Å². The fraction of sp³-hybridized carbons (Fsp3) is 0.692. The standard InChI is InChI=1S/C13H22N4O/c1-18-8-2-6-17-7-4-12(10-17)9-15-13-3-5-14-11-16-13/h3,5,11-12H,2,4,6-10H2,1H3,(H,14,15,16)/t12-/m1/s1. The number of methoxy groups -OCH3 is 1. The van der Waals surface area contributed by atoms with Gasteiger partial charge in [0.2, 0.25) is 0 Å². The van der Waals surface area contributed by atoms with Gasteiger partial charge in [0.05, 0.1) is 0 Å². The third kappa shape index (κ3) is 4.23. The van der Waals surface area contributed by atoms with Crippen LogP contribution in [-0.4, -0.2) is 54.8 Å². The van der Waals surface area contributed by atoms with Crippen molar-refractivity contribution in [2.45, 2.75) is 12.8 Å². The van der Waals surface area contributed by atoms with Crippen LogP contribution in [0.4, 0.5) is 5.82 Å². The molecule has 1 aromatic rings. The van der Waals surface area contributed by atoms with Gasteiger partial charge in [-0.1, -0.05) is 0 Å². The molecule has 1 fully saturated rings. The summed E-state index contributed by atoms with van der Waals surface area (Å²) in [7, 11) is 1.76. The van der Waals surface area contributed by atoms with Gasteiger partial charge in [0.1, 0.15) is 12.1 Å². The Morgan fingerprint density at radius 3 is 3.28 bits per heavy atom. The molecule has 0 amide bonds. The zero-order valence-corrected chi connectivity index (χ0v) is 11.0. The van der Waals surface area contributed by atoms with Crippen LogP contribution in [-0.2, 0) is 4.74 Å². The SMILES string of the molecule is COCCCN1CC[C@H](CNc2ccncn2)C1. The van der Waals surface area contributed by atoms with Crippen LogP contribution < -0.4 is 5.32 Å². The van der Waals surface area contributed by atoms with Gasteiger partial charge in [-0.25, -0.2) is 9.97 Å². The lowest BCUT2D eigenvalue weighted by molar-refractivity contribution is 0.178. The predicted octanol–water partition coefficient (Wildman–Crippen LogP) is 1.25. The van der Waals surface area contributed by atoms with Crippen molar-refractivity contribution >= 4 is 5.82 Å². The van der Waals surface area contributed by atoms with E-state index in [2.05, 4.69) is 20.2 Å². The molecule has 1 aliphatic heterocycles. The van der Waals surface area contributed by atoms with E-state index < -0.39 is 0 Å². The Kier molecular flexibility index (Phi) is 5.36. The number of hydrogen-bond donors (Lipinski definition) is 1. The molecule has 2 rings (SSSR count). The predicted molar refractivity (Wildman–Crippen MR) is 71.6 cm³/mol. The third-order valence-corrected chi connectivity index (χ3v) is 3.35. The molecule has 0 aromatic carbocycles. The van der Waals surface area contributed by atoms with E-state index >= 15 is 0 Å². The largest absolute Gasteiger partial charge is 0.385 e. The molecule has 1 saturated heterocycles. The van der Waals surface area contributed by atoms with Gasteiger partial charge in [-0.15, -0.1) is 0 Å². The zero-order chi connectivity index (χ0) is 12.6. The summed E-state index contributed by atoms with van der Waals surface area (Å²) in [6, 6.07) is 1.91. The summed E-state index contributed by atoms with van der Waals surface area (Å²) in [6.45, 7) is 5.40. The zero-order valence-electron chi connectivity index (χ0n) is 11.0. The molecule has 0 unspecified atom stereocenters. The molecular weight excluding hydrogens is 228 g/mol. The highest BCUT2D eigenvalue weighted by molar-refractivity contribution is 5.31. The van der Waals surface area contributed by atoms with Crippen molar-refractivity contribution in [1.82, 2.24) is 14.9 Å². The summed E-state index contributed by atoms with van der Waals surface area (Å²) in [5.74, 6) is 1.64. The van der Waals surface area contributed by atoms with Crippen molar-refractivity contribution < 1.29 is 4.74 Å². The van der Waals surface area contributed by atoms with Crippen molar-refractivity contribution in [3.05, 3.63) is 18.6 Å². The minimum absolute atomic E-state index is 0.725. The number of aromatic nitrogens is 2. The lowest BCUT2D eigenvalue weighted by Crippen LogP contribution is -2.24. The first-order valence-corrected chi connectivity index (χ1v) is 6.59. The van der Waals surface area contributed by atoms with E-state index in [1.54, 1.807) is 19.6 Å². The molecule has 0 radical (unpaired) electrons. The van der Waals surface area contributed by atoms with Crippen molar-refractivity contribution in [3.63, 3.8) is 0 Å². The minimum atomic E-state index is 0.725. The second kappa shape index (κ2) is 7.28. The van der Waals surface area contributed by atoms with Crippen molar-refractivity contribution in [2.75, 3.05) is 45.2 Å². The Morgan fingerprint density at radius 2 is 2.50 bits per heavy atom. The van der Waals surface area contributed by atoms with Crippen LogP contribution in [0.25, 0.3) is 0 Å². The Balaban J connectivity index is 1.64. The highest BCUT2D eigenvalue weighted by Crippen LogP contribution is 2.16. The van der Waals surface area contributed by atoms with Crippen LogP contribution in [0.5, 0.6) is 0 Å². The van der Waals surface area contributed by atoms with Crippen molar-refractivity contribution in [1.29, 1.82) is 0 Å². The van der Waals surface area contributed by atoms with E-state index in [-0.39, 0.29) is 0 Å². The Morgan fingerprint density at radius 1 is 1.56 bits per heavy atom. The maximum absolute atomic E-state index is 5.08. The molecule has 1 N–H and O–H groups in total. The first kappa shape index (κ1) is 13.2. The van der Waals surface area contributed by atoms with E-state index in [0.717, 1.165) is 37.9 Å². The van der Waals surface area contributed by atoms with Crippen LogP contribution in [0.3, 0.4) is 0 Å². The average Bonchev–Trinajstić information content (AvgIpc) is 2.86. The van der Waals surface area contributed by atoms with Gasteiger partial charge < -0.3 is 15.0 Å². The number of rotatable bonds is 7. The fourth-order valence-electron chi connectivity index (χ4n) is 2.36. The van der Waals surface area contributed by atoms with Gasteiger partial charge in [-0.2, -0.15) is 0 Å². The Hall–Kier alpha value is -1.20. The first-order valence-electron chi connectivity index (χ1n) is 6.59. The smallest absolute Gasteiger partial charge is 0.129 e. The van der Waals surface area contributed by atoms with Gasteiger partial charge in [-0.3, -0.25) is 0 Å². The lowest BCUT2D eigenvalue weighted by Gasteiger charge is -2.16. The number of likely N-dealkylation sites (tertiary alicyclic amines) is 1. The van der Waals surface area contributed by atoms with Gasteiger partial charge >= 0.3 is 0 Å². The van der Waals surface area contributed by atoms with E-state index in [4.69, 9.17) is 4.74 Å². The maximum atomic E-state index is 5.08. The summed E-state index contributed by atoms with van der Waals surface area (Å²) in [5.41, 5.74) is 0. The van der Waals surface area contributed by atoms with Crippen molar-refractivity contribution in [2.24, 2.45) is 5.92 Å². The van der Waals surface area contributed by atoms with E-state index in [1.165, 1.54) is 19.5 Å². The van der Waals surface area contributed by atoms with Crippen LogP contribution in [0.1, 0.15) is 12.8 Å². The summed E-state index contributed by atoms with van der Waals surface area (Å²) >= 11 is 0. The minimum Gasteiger partial charge on any atom is -0.385 e. The Labute approximate surface area is 109 Å². The number of hydrogen-bond acceptors (Lipinski definition) is 5. The van der Waals surface area contributed by atoms with Crippen LogP contribution in [0.15, 0.2) is 18.6 Å². The Bertz CT molecular complexity index is 333. The average molecular weight is 250 g/mol. The van der Waals surface area contributed by atoms with Crippen LogP contribution in [0, 0.1) is 5.92 Å². The monoisotopic (exact) mass is 250 g/mol. The third-order valence-electron chi connectivity index (χ3n) is 3.35. The van der Waals surface area contributed by atoms with E-state index in [0.29, 0.717) is 0 Å². The van der Waals surface area contributed by atoms with Gasteiger partial charge in [0.15, 0.2) is 0 Å². The molecule has 0 spiro atoms. The molecule has 5 heteroatoms. The highest BCUT2D eigenvalue weighted by atomic mass is 16.5. The molecule has 18 heavy (non-hydrogen) atoms. The molecule has 0 saturated carbocycles. The second-order valence-corrected chi connectivity index (χ2v) is 4.78. The van der Waals surface area contributed by atoms with Gasteiger partial charge in [0.25, 0.3) is 0 Å². The molecule has 100 valence electrons. The van der Waals surface area contributed by atoms with Crippen molar-refractivity contribution in [3.8, 4) is 0 Å². The lowest BCUT2D eigenvalue weighted by atomic mass is 10.1. The van der Waals surface area contributed by atoms with Crippen LogP contribution >= 0.6 is 0 Å². The highest BCUT2D eigenvalue weighted by Gasteiger charge is 2.21. The summed E-state index contributed by atoms with van der Waals surface area (Å²) in [5, 5.41) is 3.37. The van der Waals surface area contributed by atoms with Gasteiger partial charge in [-0.05, 0) is 31.4 Å². The molecule has 1 aromatic heterocycles. The number of nitrogens with zero attached hydrogens (tertiary/aromatic N) is 3. The summed E-state index contributed by atoms with van der Waals surface area (Å²) in [4.78, 5) is 10.6. The molecular formula is C13H22N4O. The number of nitrogens with one attached hydrogen (secondary N) is 1. The first-order chi connectivity index (χ1) is 8.88. The van der Waals surface area contributed by atoms with E-state index in [9.17, 15) is 0 Å². The van der Waals surface area contributed by atoms with Crippen LogP contribution in [0.2, 0.25) is 0 Å². The maximum Gasteiger partial charge on any atom is 0.129 e. The molecule has 1 atom stereocenters. The van der Waals surface area contributed by atoms with E-state index in [1.807, 2.05) is 6.07 Å². The van der Waals surface area contributed by atoms with Gasteiger partial charge in [0, 0.05) is 39.5 Å². The molecule has 0 bridgehead atoms. The summed E-state index contributed by atoms with van der Waals surface area (Å²) < 4.78 is 5.08. The molecule has 2 heterocycles. The number of anilines is 1. The molecule has 0 aliphatic carbocycles. The summed E-state index contributed by atoms with van der Waals surface area (Å²) in [6.07, 6.45) is 5.74. The number of ether oxygens (including phenoxy) is 1. The molecule has 5 nitrogen and oxygen atoms in total. The second-order valence-electron chi connectivity index (χ2n) is 4.78. The molecule has 1 aliphatic rings.